The van der Waals surface area contributed by atoms with Crippen LogP contribution in [0.5, 0.6) is 0 Å². The summed E-state index contributed by atoms with van der Waals surface area (Å²) in [5, 5.41) is 10.3. The zero-order valence-corrected chi connectivity index (χ0v) is 37.4. The quantitative estimate of drug-likeness (QED) is 0.0494. The van der Waals surface area contributed by atoms with Crippen molar-refractivity contribution in [2.45, 2.75) is 163 Å². The van der Waals surface area contributed by atoms with E-state index in [-0.39, 0.29) is 73.7 Å². The fraction of sp³-hybridized carbons (Fsp3) is 0.674. The number of unbranched alkanes of at least 4 members (excludes halogenated alkanes) is 6. The van der Waals surface area contributed by atoms with Crippen LogP contribution in [0.2, 0.25) is 0 Å². The number of nitrogens with one attached hydrogen (secondary N) is 3. The van der Waals surface area contributed by atoms with E-state index >= 15 is 0 Å². The Kier molecular flexibility index (Phi) is 20.5. The summed E-state index contributed by atoms with van der Waals surface area (Å²) in [5.41, 5.74) is 13.5. The summed E-state index contributed by atoms with van der Waals surface area (Å²) in [5.74, 6) is 5.91. The lowest BCUT2D eigenvalue weighted by atomic mass is 9.96. The third-order valence-electron chi connectivity index (χ3n) is 11.9. The number of hydrogen-bond donors (Lipinski definition) is 5. The molecular weight excluding hydrogens is 811 g/mol. The first kappa shape index (κ1) is 48.2. The van der Waals surface area contributed by atoms with Crippen molar-refractivity contribution >= 4 is 64.5 Å². The second kappa shape index (κ2) is 25.9. The van der Waals surface area contributed by atoms with Crippen LogP contribution in [0.25, 0.3) is 0 Å². The topological polar surface area (TPSA) is 207 Å². The van der Waals surface area contributed by atoms with E-state index in [1.165, 1.54) is 0 Å². The van der Waals surface area contributed by atoms with Crippen LogP contribution in [0.15, 0.2) is 28.2 Å². The molecule has 0 saturated carbocycles. The second-order valence-electron chi connectivity index (χ2n) is 16.9. The predicted molar refractivity (Wildman–Crippen MR) is 246 cm³/mol. The van der Waals surface area contributed by atoms with Gasteiger partial charge in [0, 0.05) is 85.5 Å². The van der Waals surface area contributed by atoms with Gasteiger partial charge < -0.3 is 32.2 Å². The molecule has 2 saturated heterocycles. The largest absolute Gasteiger partial charge is 0.370 e. The van der Waals surface area contributed by atoms with Crippen LogP contribution < -0.4 is 27.4 Å². The molecule has 1 aromatic rings. The van der Waals surface area contributed by atoms with Crippen molar-refractivity contribution in [2.75, 3.05) is 31.3 Å². The van der Waals surface area contributed by atoms with E-state index in [0.29, 0.717) is 103 Å². The molecule has 2 fully saturated rings. The van der Waals surface area contributed by atoms with E-state index in [1.54, 1.807) is 12.1 Å². The Bertz CT molecular complexity index is 1660. The summed E-state index contributed by atoms with van der Waals surface area (Å²) in [6, 6.07) is 6.51. The van der Waals surface area contributed by atoms with Crippen molar-refractivity contribution in [3.8, 4) is 12.3 Å². The molecule has 61 heavy (non-hydrogen) atoms. The van der Waals surface area contributed by atoms with Crippen LogP contribution in [-0.2, 0) is 36.8 Å². The van der Waals surface area contributed by atoms with Gasteiger partial charge in [0.15, 0.2) is 11.9 Å². The highest BCUT2D eigenvalue weighted by atomic mass is 32.2. The molecule has 334 valence electrons. The number of ketones is 4. The minimum absolute atomic E-state index is 0.0573. The Morgan fingerprint density at radius 3 is 1.57 bits per heavy atom. The van der Waals surface area contributed by atoms with E-state index in [4.69, 9.17) is 22.6 Å². The molecule has 4 aliphatic heterocycles. The number of carbonyl (C=O) groups is 5. The standard InChI is InChI=1S/C46H67N7O6S2/c1-2-22-59-23-21-49-44(58)33-25-31(27-36(56)17-7-3-5-13-34(54)15-9-11-19-40-42-38(29-60-40)50-45(47)52-42)24-32(26-33)28-37(57)18-8-4-6-14-35(55)16-10-12-20-41-43-39(30-61-41)51-46(48)53-43/h1,24-26,38-43H,3-23,27-30H2,(H,49,58)(H3,47,50,52)(H3,48,51,53). The lowest BCUT2D eigenvalue weighted by molar-refractivity contribution is -0.120. The molecular formula is C46H67N7O6S2. The van der Waals surface area contributed by atoms with Crippen molar-refractivity contribution < 1.29 is 28.7 Å². The van der Waals surface area contributed by atoms with Crippen molar-refractivity contribution in [3.63, 3.8) is 0 Å². The molecule has 1 amide bonds. The average molecular weight is 878 g/mol. The van der Waals surface area contributed by atoms with Gasteiger partial charge in [0.25, 0.3) is 5.91 Å². The van der Waals surface area contributed by atoms with Crippen molar-refractivity contribution in [3.05, 3.63) is 34.9 Å². The fourth-order valence-electron chi connectivity index (χ4n) is 8.68. The molecule has 15 heteroatoms. The summed E-state index contributed by atoms with van der Waals surface area (Å²) in [4.78, 5) is 73.3. The third-order valence-corrected chi connectivity index (χ3v) is 14.8. The van der Waals surface area contributed by atoms with Gasteiger partial charge in [-0.25, -0.2) is 9.98 Å². The molecule has 6 atom stereocenters. The Labute approximate surface area is 370 Å². The predicted octanol–water partition coefficient (Wildman–Crippen LogP) is 4.99. The van der Waals surface area contributed by atoms with Gasteiger partial charge in [-0.15, -0.1) is 6.42 Å². The average Bonchev–Trinajstić information content (AvgIpc) is 3.99. The van der Waals surface area contributed by atoms with Gasteiger partial charge >= 0.3 is 0 Å². The smallest absolute Gasteiger partial charge is 0.251 e. The van der Waals surface area contributed by atoms with E-state index < -0.39 is 0 Å². The molecule has 0 spiro atoms. The summed E-state index contributed by atoms with van der Waals surface area (Å²) in [7, 11) is 0. The van der Waals surface area contributed by atoms with Crippen LogP contribution in [0, 0.1) is 12.3 Å². The zero-order chi connectivity index (χ0) is 43.4. The van der Waals surface area contributed by atoms with Gasteiger partial charge in [0.2, 0.25) is 0 Å². The maximum absolute atomic E-state index is 13.1. The highest BCUT2D eigenvalue weighted by Gasteiger charge is 2.41. The molecule has 0 bridgehead atoms. The van der Waals surface area contributed by atoms with Crippen molar-refractivity contribution in [1.82, 2.24) is 16.0 Å². The molecule has 0 aromatic heterocycles. The SMILES string of the molecule is C#CCOCCNC(=O)c1cc(CC(=O)CCCCCC(=O)CCCCC2SCC3NC(N)=NC32)cc(CC(=O)CCCCCC(=O)CCCCC2SCC3NC(N)=NC32)c1. The van der Waals surface area contributed by atoms with Gasteiger partial charge in [-0.1, -0.05) is 37.7 Å². The Morgan fingerprint density at radius 2 is 1.11 bits per heavy atom. The molecule has 0 radical (unpaired) electrons. The van der Waals surface area contributed by atoms with Crippen LogP contribution in [0.1, 0.15) is 137 Å². The molecule has 6 unspecified atom stereocenters. The number of nitrogens with zero attached hydrogens (tertiary/aromatic N) is 2. The van der Waals surface area contributed by atoms with Gasteiger partial charge in [-0.05, 0) is 74.6 Å². The van der Waals surface area contributed by atoms with Gasteiger partial charge in [-0.2, -0.15) is 23.5 Å². The molecule has 0 aliphatic carbocycles. The summed E-state index contributed by atoms with van der Waals surface area (Å²) in [6.45, 7) is 0.701. The number of Topliss-reactive ketones (excluding diaryl/α,β-unsaturated/α-hetero) is 4. The monoisotopic (exact) mass is 877 g/mol. The van der Waals surface area contributed by atoms with Crippen molar-refractivity contribution in [2.24, 2.45) is 21.5 Å². The number of terminal acetylenes is 1. The number of benzene rings is 1. The van der Waals surface area contributed by atoms with Gasteiger partial charge in [0.05, 0.1) is 30.8 Å². The number of nitrogens with two attached hydrogens (primary N) is 2. The molecule has 7 N–H and O–H groups in total. The highest BCUT2D eigenvalue weighted by molar-refractivity contribution is 8.00. The van der Waals surface area contributed by atoms with Crippen LogP contribution in [0.4, 0.5) is 0 Å². The van der Waals surface area contributed by atoms with E-state index in [9.17, 15) is 24.0 Å². The maximum Gasteiger partial charge on any atom is 0.251 e. The Balaban J connectivity index is 0.958. The third kappa shape index (κ3) is 16.7. The van der Waals surface area contributed by atoms with E-state index in [2.05, 4.69) is 31.9 Å². The molecule has 13 nitrogen and oxygen atoms in total. The highest BCUT2D eigenvalue weighted by Crippen LogP contribution is 2.36. The number of thioether (sulfide) groups is 2. The first-order valence-corrected chi connectivity index (χ1v) is 24.6. The van der Waals surface area contributed by atoms with E-state index in [1.807, 2.05) is 29.6 Å². The first-order chi connectivity index (χ1) is 29.6. The van der Waals surface area contributed by atoms with Gasteiger partial charge in [-0.3, -0.25) is 24.0 Å². The number of aliphatic imine (C=N–C) groups is 2. The number of fused-ring (bicyclic) bond motifs is 2. The first-order valence-electron chi connectivity index (χ1n) is 22.5. The van der Waals surface area contributed by atoms with Crippen LogP contribution in [0.3, 0.4) is 0 Å². The normalized spacial score (nSPS) is 22.3. The van der Waals surface area contributed by atoms with Crippen LogP contribution in [-0.4, -0.2) is 107 Å². The Hall–Kier alpha value is -3.87. The molecule has 5 rings (SSSR count). The number of hydrogen-bond acceptors (Lipinski definition) is 14. The summed E-state index contributed by atoms with van der Waals surface area (Å²) < 4.78 is 5.27. The number of ether oxygens (including phenoxy) is 1. The zero-order valence-electron chi connectivity index (χ0n) is 35.8. The minimum Gasteiger partial charge on any atom is -0.370 e. The van der Waals surface area contributed by atoms with Crippen LogP contribution >= 0.6 is 23.5 Å². The summed E-state index contributed by atoms with van der Waals surface area (Å²) in [6.07, 6.45) is 19.0. The minimum atomic E-state index is -0.310. The number of carbonyl (C=O) groups excluding carboxylic acids is 5. The van der Waals surface area contributed by atoms with Gasteiger partial charge in [0.1, 0.15) is 29.7 Å². The molecule has 1 aromatic carbocycles. The summed E-state index contributed by atoms with van der Waals surface area (Å²) >= 11 is 3.89. The maximum atomic E-state index is 13.1. The lowest BCUT2D eigenvalue weighted by Gasteiger charge is -2.14. The number of rotatable bonds is 31. The number of amides is 1. The van der Waals surface area contributed by atoms with E-state index in [0.717, 1.165) is 75.7 Å². The van der Waals surface area contributed by atoms with Crippen molar-refractivity contribution in [1.29, 1.82) is 0 Å². The molecule has 4 aliphatic rings. The number of guanidine groups is 2. The Morgan fingerprint density at radius 1 is 0.672 bits per heavy atom. The fourth-order valence-corrected chi connectivity index (χ4v) is 11.7. The lowest BCUT2D eigenvalue weighted by Crippen LogP contribution is -2.38. The molecule has 4 heterocycles. The second-order valence-corrected chi connectivity index (χ2v) is 19.5.